The second-order valence-electron chi connectivity index (χ2n) is 4.40. The molecule has 1 saturated heterocycles. The molecule has 0 aliphatic carbocycles. The average molecular weight is 269 g/mol. The van der Waals surface area contributed by atoms with Crippen molar-refractivity contribution in [3.05, 3.63) is 11.1 Å². The fraction of sp³-hybridized carbons (Fsp3) is 0.545. The van der Waals surface area contributed by atoms with Gasteiger partial charge in [-0.2, -0.15) is 0 Å². The maximum absolute atomic E-state index is 12.0. The highest BCUT2D eigenvalue weighted by Gasteiger charge is 2.25. The van der Waals surface area contributed by atoms with Gasteiger partial charge in [-0.05, 0) is 18.8 Å². The minimum absolute atomic E-state index is 0.114. The minimum Gasteiger partial charge on any atom is -0.481 e. The average Bonchev–Trinajstić information content (AvgIpc) is 2.75. The van der Waals surface area contributed by atoms with Gasteiger partial charge >= 0.3 is 5.97 Å². The Labute approximate surface area is 108 Å². The first-order valence-electron chi connectivity index (χ1n) is 5.78. The molecule has 2 heterocycles. The third-order valence-electron chi connectivity index (χ3n) is 3.11. The van der Waals surface area contributed by atoms with Crippen LogP contribution in [0.5, 0.6) is 0 Å². The first kappa shape index (κ1) is 12.8. The van der Waals surface area contributed by atoms with Crippen LogP contribution in [0.15, 0.2) is 5.38 Å². The van der Waals surface area contributed by atoms with E-state index in [9.17, 15) is 9.59 Å². The van der Waals surface area contributed by atoms with Gasteiger partial charge in [-0.15, -0.1) is 11.3 Å². The Morgan fingerprint density at radius 1 is 1.50 bits per heavy atom. The Bertz CT molecular complexity index is 452. The van der Waals surface area contributed by atoms with E-state index in [4.69, 9.17) is 10.8 Å². The summed E-state index contributed by atoms with van der Waals surface area (Å²) in [6, 6.07) is 0. The van der Waals surface area contributed by atoms with E-state index >= 15 is 0 Å². The van der Waals surface area contributed by atoms with Crippen LogP contribution in [0.4, 0.5) is 5.13 Å². The number of likely N-dealkylation sites (tertiary alicyclic amines) is 1. The molecule has 0 spiro atoms. The zero-order valence-corrected chi connectivity index (χ0v) is 10.7. The fourth-order valence-corrected chi connectivity index (χ4v) is 2.67. The van der Waals surface area contributed by atoms with E-state index in [2.05, 4.69) is 4.98 Å². The Balaban J connectivity index is 1.90. The number of hydrogen-bond donors (Lipinski definition) is 2. The first-order chi connectivity index (χ1) is 8.56. The molecule has 18 heavy (non-hydrogen) atoms. The van der Waals surface area contributed by atoms with Gasteiger partial charge in [0, 0.05) is 24.9 Å². The number of amides is 1. The lowest BCUT2D eigenvalue weighted by Crippen LogP contribution is -2.39. The summed E-state index contributed by atoms with van der Waals surface area (Å²) in [6.07, 6.45) is 1.65. The number of hydrogen-bond acceptors (Lipinski definition) is 5. The summed E-state index contributed by atoms with van der Waals surface area (Å²) in [4.78, 5) is 28.3. The number of piperidine rings is 1. The van der Waals surface area contributed by atoms with E-state index in [-0.39, 0.29) is 18.2 Å². The molecule has 0 unspecified atom stereocenters. The van der Waals surface area contributed by atoms with Gasteiger partial charge in [-0.3, -0.25) is 9.59 Å². The molecule has 98 valence electrons. The van der Waals surface area contributed by atoms with Gasteiger partial charge in [0.25, 0.3) is 5.91 Å². The number of nitrogens with zero attached hydrogens (tertiary/aromatic N) is 2. The van der Waals surface area contributed by atoms with Crippen molar-refractivity contribution in [3.63, 3.8) is 0 Å². The predicted octanol–water partition coefficient (Wildman–Crippen LogP) is 1.05. The highest BCUT2D eigenvalue weighted by atomic mass is 32.1. The van der Waals surface area contributed by atoms with Crippen LogP contribution in [0.2, 0.25) is 0 Å². The van der Waals surface area contributed by atoms with Gasteiger partial charge < -0.3 is 15.7 Å². The van der Waals surface area contributed by atoms with Crippen LogP contribution in [0.1, 0.15) is 29.8 Å². The second kappa shape index (κ2) is 5.34. The predicted molar refractivity (Wildman–Crippen MR) is 67.4 cm³/mol. The molecular weight excluding hydrogens is 254 g/mol. The number of carbonyl (C=O) groups excluding carboxylic acids is 1. The molecule has 1 aliphatic heterocycles. The van der Waals surface area contributed by atoms with E-state index in [0.29, 0.717) is 23.9 Å². The van der Waals surface area contributed by atoms with Crippen molar-refractivity contribution in [3.8, 4) is 0 Å². The third-order valence-corrected chi connectivity index (χ3v) is 3.78. The number of anilines is 1. The summed E-state index contributed by atoms with van der Waals surface area (Å²) < 4.78 is 0. The maximum Gasteiger partial charge on any atom is 0.303 e. The van der Waals surface area contributed by atoms with Crippen LogP contribution in [0.25, 0.3) is 0 Å². The maximum atomic E-state index is 12.0. The molecule has 0 bridgehead atoms. The molecule has 6 nitrogen and oxygen atoms in total. The van der Waals surface area contributed by atoms with Crippen molar-refractivity contribution in [1.29, 1.82) is 0 Å². The standard InChI is InChI=1S/C11H15N3O3S/c12-11-13-8(6-18-11)10(17)14-3-1-7(2-4-14)5-9(15)16/h6-7H,1-5H2,(H2,12,13)(H,15,16). The van der Waals surface area contributed by atoms with Crippen molar-refractivity contribution in [2.75, 3.05) is 18.8 Å². The zero-order chi connectivity index (χ0) is 13.1. The Morgan fingerprint density at radius 3 is 2.67 bits per heavy atom. The lowest BCUT2D eigenvalue weighted by molar-refractivity contribution is -0.138. The summed E-state index contributed by atoms with van der Waals surface area (Å²) in [5, 5.41) is 10.8. The van der Waals surface area contributed by atoms with Crippen molar-refractivity contribution in [2.45, 2.75) is 19.3 Å². The van der Waals surface area contributed by atoms with Crippen LogP contribution in [-0.4, -0.2) is 40.0 Å². The van der Waals surface area contributed by atoms with Crippen molar-refractivity contribution < 1.29 is 14.7 Å². The Morgan fingerprint density at radius 2 is 2.17 bits per heavy atom. The quantitative estimate of drug-likeness (QED) is 0.855. The molecule has 2 rings (SSSR count). The summed E-state index contributed by atoms with van der Waals surface area (Å²) in [5.74, 6) is -0.712. The monoisotopic (exact) mass is 269 g/mol. The number of carbonyl (C=O) groups is 2. The number of thiazole rings is 1. The van der Waals surface area contributed by atoms with Crippen LogP contribution in [0, 0.1) is 5.92 Å². The van der Waals surface area contributed by atoms with Crippen molar-refractivity contribution in [2.24, 2.45) is 5.92 Å². The van der Waals surface area contributed by atoms with Gasteiger partial charge in [0.05, 0.1) is 0 Å². The van der Waals surface area contributed by atoms with Crippen LogP contribution >= 0.6 is 11.3 Å². The normalized spacial score (nSPS) is 16.8. The Kier molecular flexibility index (Phi) is 3.81. The Hall–Kier alpha value is -1.63. The van der Waals surface area contributed by atoms with Crippen LogP contribution in [-0.2, 0) is 4.79 Å². The lowest BCUT2D eigenvalue weighted by atomic mass is 9.93. The summed E-state index contributed by atoms with van der Waals surface area (Å²) in [5.41, 5.74) is 5.88. The number of rotatable bonds is 3. The third kappa shape index (κ3) is 2.98. The van der Waals surface area contributed by atoms with Crippen LogP contribution < -0.4 is 5.73 Å². The van der Waals surface area contributed by atoms with Gasteiger partial charge in [0.1, 0.15) is 5.69 Å². The van der Waals surface area contributed by atoms with Gasteiger partial charge in [-0.25, -0.2) is 4.98 Å². The zero-order valence-electron chi connectivity index (χ0n) is 9.83. The molecule has 0 radical (unpaired) electrons. The second-order valence-corrected chi connectivity index (χ2v) is 5.29. The number of carboxylic acid groups (broad SMARTS) is 1. The summed E-state index contributed by atoms with van der Waals surface area (Å²) in [6.45, 7) is 1.18. The summed E-state index contributed by atoms with van der Waals surface area (Å²) >= 11 is 1.25. The van der Waals surface area contributed by atoms with E-state index in [1.54, 1.807) is 10.3 Å². The van der Waals surface area contributed by atoms with Gasteiger partial charge in [0.15, 0.2) is 5.13 Å². The first-order valence-corrected chi connectivity index (χ1v) is 6.66. The van der Waals surface area contributed by atoms with Gasteiger partial charge in [-0.1, -0.05) is 0 Å². The minimum atomic E-state index is -0.771. The highest BCUT2D eigenvalue weighted by molar-refractivity contribution is 7.13. The van der Waals surface area contributed by atoms with Crippen molar-refractivity contribution >= 4 is 28.3 Å². The lowest BCUT2D eigenvalue weighted by Gasteiger charge is -2.30. The molecular formula is C11H15N3O3S. The molecule has 1 aromatic rings. The molecule has 3 N–H and O–H groups in total. The fourth-order valence-electron chi connectivity index (χ4n) is 2.13. The molecule has 0 aromatic carbocycles. The largest absolute Gasteiger partial charge is 0.481 e. The van der Waals surface area contributed by atoms with Crippen molar-refractivity contribution in [1.82, 2.24) is 9.88 Å². The molecule has 1 amide bonds. The smallest absolute Gasteiger partial charge is 0.303 e. The molecule has 1 aliphatic rings. The SMILES string of the molecule is Nc1nc(C(=O)N2CCC(CC(=O)O)CC2)cs1. The summed E-state index contributed by atoms with van der Waals surface area (Å²) in [7, 11) is 0. The number of carboxylic acids is 1. The molecule has 0 atom stereocenters. The highest BCUT2D eigenvalue weighted by Crippen LogP contribution is 2.22. The number of aliphatic carboxylic acids is 1. The van der Waals surface area contributed by atoms with E-state index < -0.39 is 5.97 Å². The van der Waals surface area contributed by atoms with E-state index in [1.165, 1.54) is 11.3 Å². The number of nitrogens with two attached hydrogens (primary N) is 1. The molecule has 0 saturated carbocycles. The topological polar surface area (TPSA) is 96.5 Å². The van der Waals surface area contributed by atoms with E-state index in [0.717, 1.165) is 12.8 Å². The van der Waals surface area contributed by atoms with E-state index in [1.807, 2.05) is 0 Å². The molecule has 7 heteroatoms. The number of nitrogen functional groups attached to an aromatic ring is 1. The number of aromatic nitrogens is 1. The van der Waals surface area contributed by atoms with Crippen LogP contribution in [0.3, 0.4) is 0 Å². The molecule has 1 fully saturated rings. The molecule has 1 aromatic heterocycles. The van der Waals surface area contributed by atoms with Gasteiger partial charge in [0.2, 0.25) is 0 Å².